The molecule has 0 spiro atoms. The summed E-state index contributed by atoms with van der Waals surface area (Å²) in [7, 11) is 0. The summed E-state index contributed by atoms with van der Waals surface area (Å²) in [4.78, 5) is 26.4. The van der Waals surface area contributed by atoms with Gasteiger partial charge in [0.05, 0.1) is 26.1 Å². The molecule has 0 aromatic carbocycles. The third-order valence-corrected chi connectivity index (χ3v) is 10.9. The number of hydrogen-bond acceptors (Lipinski definition) is 3. The standard InChI is InChI=1S/C27H43NO3/c1-26-13-10-20(29)18-19(26)6-7-21-22-8-9-24(27(22,2)14-11-23(21)26)31-25(30)12-17-28-15-4-3-5-16-28/h19,21-24H,3-18H2,1-2H3/p+1/t19-,21-,22-,23-,24+,26-,27-/m0/s1. The topological polar surface area (TPSA) is 47.8 Å². The number of rotatable bonds is 4. The quantitative estimate of drug-likeness (QED) is 0.687. The van der Waals surface area contributed by atoms with Crippen LogP contribution < -0.4 is 4.90 Å². The lowest BCUT2D eigenvalue weighted by Crippen LogP contribution is -3.12. The van der Waals surface area contributed by atoms with Gasteiger partial charge in [0.25, 0.3) is 0 Å². The van der Waals surface area contributed by atoms with Crippen LogP contribution in [0, 0.1) is 34.5 Å². The monoisotopic (exact) mass is 430 g/mol. The lowest BCUT2D eigenvalue weighted by Gasteiger charge is -2.60. The summed E-state index contributed by atoms with van der Waals surface area (Å²) < 4.78 is 6.20. The lowest BCUT2D eigenvalue weighted by molar-refractivity contribution is -0.904. The second-order valence-corrected chi connectivity index (χ2v) is 12.3. The summed E-state index contributed by atoms with van der Waals surface area (Å²) in [5.74, 6) is 3.41. The van der Waals surface area contributed by atoms with Gasteiger partial charge >= 0.3 is 5.97 Å². The van der Waals surface area contributed by atoms with Gasteiger partial charge in [-0.3, -0.25) is 9.59 Å². The average molecular weight is 431 g/mol. The highest BCUT2D eigenvalue weighted by molar-refractivity contribution is 5.79. The first-order chi connectivity index (χ1) is 14.9. The molecule has 4 heteroatoms. The van der Waals surface area contributed by atoms with E-state index in [1.54, 1.807) is 4.90 Å². The minimum absolute atomic E-state index is 0.0496. The third-order valence-electron chi connectivity index (χ3n) is 10.9. The van der Waals surface area contributed by atoms with Crippen molar-refractivity contribution in [3.63, 3.8) is 0 Å². The van der Waals surface area contributed by atoms with Gasteiger partial charge in [0.1, 0.15) is 11.9 Å². The van der Waals surface area contributed by atoms with Gasteiger partial charge in [0, 0.05) is 18.3 Å². The molecule has 5 aliphatic rings. The molecule has 0 bridgehead atoms. The number of esters is 1. The van der Waals surface area contributed by atoms with Gasteiger partial charge in [-0.2, -0.15) is 0 Å². The van der Waals surface area contributed by atoms with E-state index in [9.17, 15) is 9.59 Å². The van der Waals surface area contributed by atoms with Crippen molar-refractivity contribution in [3.05, 3.63) is 0 Å². The van der Waals surface area contributed by atoms with E-state index in [4.69, 9.17) is 4.74 Å². The summed E-state index contributed by atoms with van der Waals surface area (Å²) in [6.07, 6.45) is 14.7. The fraction of sp³-hybridized carbons (Fsp3) is 0.926. The number of ether oxygens (including phenoxy) is 1. The zero-order valence-electron chi connectivity index (χ0n) is 19.9. The van der Waals surface area contributed by atoms with Gasteiger partial charge in [0.15, 0.2) is 0 Å². The molecule has 5 fully saturated rings. The Morgan fingerprint density at radius 1 is 0.968 bits per heavy atom. The summed E-state index contributed by atoms with van der Waals surface area (Å²) in [5.41, 5.74) is 0.534. The first-order valence-electron chi connectivity index (χ1n) is 13.4. The number of hydrogen-bond donors (Lipinski definition) is 1. The van der Waals surface area contributed by atoms with E-state index < -0.39 is 0 Å². The summed E-state index contributed by atoms with van der Waals surface area (Å²) in [6, 6.07) is 0. The number of carbonyl (C=O) groups excluding carboxylic acids is 2. The van der Waals surface area contributed by atoms with Gasteiger partial charge in [-0.15, -0.1) is 0 Å². The SMILES string of the molecule is C[C@]12CCC(=O)C[C@@H]1CC[C@@H]1[C@@H]2CC[C@]2(C)[C@H](OC(=O)CC[NH+]3CCCCC3)CC[C@@H]12. The number of ketones is 1. The molecule has 0 unspecified atom stereocenters. The summed E-state index contributed by atoms with van der Waals surface area (Å²) in [6.45, 7) is 8.36. The molecule has 31 heavy (non-hydrogen) atoms. The number of nitrogens with one attached hydrogen (secondary N) is 1. The van der Waals surface area contributed by atoms with E-state index in [0.717, 1.165) is 44.1 Å². The minimum Gasteiger partial charge on any atom is -0.462 e. The van der Waals surface area contributed by atoms with Crippen molar-refractivity contribution < 1.29 is 19.2 Å². The summed E-state index contributed by atoms with van der Waals surface area (Å²) in [5, 5.41) is 0. The average Bonchev–Trinajstić information content (AvgIpc) is 3.10. The Bertz CT molecular complexity index is 701. The zero-order valence-corrected chi connectivity index (χ0v) is 19.9. The largest absolute Gasteiger partial charge is 0.462 e. The maximum atomic E-state index is 12.7. The van der Waals surface area contributed by atoms with Crippen LogP contribution in [-0.2, 0) is 14.3 Å². The molecule has 5 rings (SSSR count). The van der Waals surface area contributed by atoms with Crippen LogP contribution in [0.2, 0.25) is 0 Å². The van der Waals surface area contributed by atoms with Crippen LogP contribution in [0.5, 0.6) is 0 Å². The van der Waals surface area contributed by atoms with Gasteiger partial charge < -0.3 is 9.64 Å². The molecule has 0 aromatic heterocycles. The first-order valence-corrected chi connectivity index (χ1v) is 13.4. The smallest absolute Gasteiger partial charge is 0.311 e. The van der Waals surface area contributed by atoms with Crippen molar-refractivity contribution in [3.8, 4) is 0 Å². The van der Waals surface area contributed by atoms with Crippen molar-refractivity contribution in [2.45, 2.75) is 103 Å². The molecule has 1 aliphatic heterocycles. The number of Topliss-reactive ketones (excluding diaryl/α,β-unsaturated/α-hetero) is 1. The highest BCUT2D eigenvalue weighted by Gasteiger charge is 2.61. The predicted octanol–water partition coefficient (Wildman–Crippen LogP) is 3.97. The van der Waals surface area contributed by atoms with E-state index in [2.05, 4.69) is 13.8 Å². The van der Waals surface area contributed by atoms with Gasteiger partial charge in [-0.1, -0.05) is 13.8 Å². The van der Waals surface area contributed by atoms with Gasteiger partial charge in [-0.25, -0.2) is 0 Å². The first kappa shape index (κ1) is 21.9. The molecule has 1 heterocycles. The Kier molecular flexibility index (Phi) is 5.99. The van der Waals surface area contributed by atoms with Crippen molar-refractivity contribution in [1.82, 2.24) is 0 Å². The molecule has 0 aromatic rings. The van der Waals surface area contributed by atoms with Crippen LogP contribution in [0.3, 0.4) is 0 Å². The number of piperidine rings is 1. The molecular formula is C27H44NO3+. The maximum absolute atomic E-state index is 12.7. The number of likely N-dealkylation sites (tertiary alicyclic amines) is 1. The zero-order chi connectivity index (χ0) is 21.6. The molecular weight excluding hydrogens is 386 g/mol. The van der Waals surface area contributed by atoms with Crippen LogP contribution in [-0.4, -0.2) is 37.5 Å². The van der Waals surface area contributed by atoms with Crippen molar-refractivity contribution in [1.29, 1.82) is 0 Å². The van der Waals surface area contributed by atoms with Crippen molar-refractivity contribution in [2.75, 3.05) is 19.6 Å². The van der Waals surface area contributed by atoms with Crippen LogP contribution in [0.1, 0.15) is 97.3 Å². The fourth-order valence-electron chi connectivity index (χ4n) is 8.99. The Balaban J connectivity index is 1.22. The maximum Gasteiger partial charge on any atom is 0.311 e. The van der Waals surface area contributed by atoms with E-state index in [1.807, 2.05) is 0 Å². The van der Waals surface area contributed by atoms with Crippen LogP contribution in [0.4, 0.5) is 0 Å². The second kappa shape index (κ2) is 8.47. The molecule has 4 saturated carbocycles. The Hall–Kier alpha value is -0.900. The van der Waals surface area contributed by atoms with E-state index >= 15 is 0 Å². The van der Waals surface area contributed by atoms with E-state index in [1.165, 1.54) is 64.5 Å². The van der Waals surface area contributed by atoms with Gasteiger partial charge in [0.2, 0.25) is 0 Å². The Labute approximate surface area is 188 Å². The molecule has 4 nitrogen and oxygen atoms in total. The number of quaternary nitrogens is 1. The molecule has 1 N–H and O–H groups in total. The van der Waals surface area contributed by atoms with E-state index in [-0.39, 0.29) is 17.5 Å². The highest BCUT2D eigenvalue weighted by Crippen LogP contribution is 2.66. The second-order valence-electron chi connectivity index (χ2n) is 12.3. The van der Waals surface area contributed by atoms with Gasteiger partial charge in [-0.05, 0) is 93.3 Å². The Morgan fingerprint density at radius 3 is 2.55 bits per heavy atom. The third kappa shape index (κ3) is 3.89. The number of carbonyl (C=O) groups is 2. The van der Waals surface area contributed by atoms with Crippen LogP contribution in [0.15, 0.2) is 0 Å². The predicted molar refractivity (Wildman–Crippen MR) is 121 cm³/mol. The minimum atomic E-state index is 0.0496. The fourth-order valence-corrected chi connectivity index (χ4v) is 8.99. The number of fused-ring (bicyclic) bond motifs is 5. The Morgan fingerprint density at radius 2 is 1.74 bits per heavy atom. The lowest BCUT2D eigenvalue weighted by atomic mass is 9.45. The summed E-state index contributed by atoms with van der Waals surface area (Å²) >= 11 is 0. The molecule has 174 valence electrons. The van der Waals surface area contributed by atoms with E-state index in [0.29, 0.717) is 29.5 Å². The van der Waals surface area contributed by atoms with Crippen LogP contribution >= 0.6 is 0 Å². The molecule has 7 atom stereocenters. The molecule has 1 saturated heterocycles. The normalized spacial score (nSPS) is 45.5. The van der Waals surface area contributed by atoms with Crippen molar-refractivity contribution in [2.24, 2.45) is 34.5 Å². The molecule has 0 radical (unpaired) electrons. The molecule has 0 amide bonds. The van der Waals surface area contributed by atoms with Crippen LogP contribution in [0.25, 0.3) is 0 Å². The highest BCUT2D eigenvalue weighted by atomic mass is 16.5. The molecule has 4 aliphatic carbocycles. The van der Waals surface area contributed by atoms with Crippen molar-refractivity contribution >= 4 is 11.8 Å².